The Kier molecular flexibility index (Phi) is 8.15. The second-order valence-electron chi connectivity index (χ2n) is 10.0. The predicted octanol–water partition coefficient (Wildman–Crippen LogP) is 4.51. The van der Waals surface area contributed by atoms with Crippen LogP contribution < -0.4 is 22.6 Å². The van der Waals surface area contributed by atoms with Crippen molar-refractivity contribution < 1.29 is 22.3 Å². The molecule has 41 heavy (non-hydrogen) atoms. The molecule has 4 aromatic rings. The Bertz CT molecular complexity index is 1710. The maximum absolute atomic E-state index is 15.0. The van der Waals surface area contributed by atoms with Crippen LogP contribution in [-0.4, -0.2) is 24.7 Å². The molecule has 0 saturated carbocycles. The van der Waals surface area contributed by atoms with Gasteiger partial charge in [0, 0.05) is 18.3 Å². The molecule has 1 aliphatic heterocycles. The van der Waals surface area contributed by atoms with E-state index in [1.807, 2.05) is 19.9 Å². The molecule has 0 spiro atoms. The molecule has 0 atom stereocenters. The van der Waals surface area contributed by atoms with Crippen LogP contribution in [0.25, 0.3) is 22.2 Å². The number of nitrogen functional groups attached to an aromatic ring is 2. The molecule has 0 bridgehead atoms. The number of unbranched alkanes of at least 4 members (excludes halogenated alkanes) is 2. The van der Waals surface area contributed by atoms with Crippen LogP contribution >= 0.6 is 0 Å². The number of aromatic nitrogens is 5. The second-order valence-corrected chi connectivity index (χ2v) is 10.0. The molecule has 5 N–H and O–H groups in total. The Hall–Kier alpha value is -4.33. The summed E-state index contributed by atoms with van der Waals surface area (Å²) in [6.45, 7) is 6.87. The Morgan fingerprint density at radius 3 is 2.51 bits per heavy atom. The minimum Gasteiger partial charge on any atom is -0.397 e. The number of nitrogens with one attached hydrogen (secondary N) is 1. The summed E-state index contributed by atoms with van der Waals surface area (Å²) in [6.07, 6.45) is 0.811. The molecular weight excluding hydrogens is 546 g/mol. The van der Waals surface area contributed by atoms with Crippen molar-refractivity contribution in [2.75, 3.05) is 11.5 Å². The van der Waals surface area contributed by atoms with Gasteiger partial charge in [0.2, 0.25) is 0 Å². The van der Waals surface area contributed by atoms with Crippen molar-refractivity contribution in [3.8, 4) is 11.4 Å². The summed E-state index contributed by atoms with van der Waals surface area (Å²) in [4.78, 5) is 32.2. The molecule has 1 aromatic carbocycles. The molecule has 218 valence electrons. The molecule has 0 amide bonds. The van der Waals surface area contributed by atoms with Crippen LogP contribution in [0.15, 0.2) is 40.2 Å². The standard InChI is InChI=1S/C22H25FN4O2.C5H4F3N3O/c1-4-5-6-8-27-9-7-13-10-15(17(23)11-14(13)21(27)28)20-25-18-16(19(24)26-20)12-29-22(18,2)3;6-5(7,8)3-2(9)1-10-11-4(3)12/h7,9-11H,4-6,8,12H2,1-3H3,(H2,24,25,26);1H,(H3,9,11,12). The molecule has 3 aromatic heterocycles. The van der Waals surface area contributed by atoms with Gasteiger partial charge in [0.05, 0.1) is 35.1 Å². The molecule has 0 aliphatic carbocycles. The van der Waals surface area contributed by atoms with Gasteiger partial charge in [-0.3, -0.25) is 9.59 Å². The highest BCUT2D eigenvalue weighted by molar-refractivity contribution is 5.86. The van der Waals surface area contributed by atoms with Crippen molar-refractivity contribution in [3.05, 3.63) is 73.9 Å². The number of aryl methyl sites for hydroxylation is 1. The lowest BCUT2D eigenvalue weighted by molar-refractivity contribution is -0.138. The summed E-state index contributed by atoms with van der Waals surface area (Å²) in [7, 11) is 0. The van der Waals surface area contributed by atoms with Crippen molar-refractivity contribution in [2.45, 2.75) is 65.0 Å². The van der Waals surface area contributed by atoms with Gasteiger partial charge in [0.25, 0.3) is 11.1 Å². The van der Waals surface area contributed by atoms with Gasteiger partial charge in [-0.05, 0) is 43.9 Å². The lowest BCUT2D eigenvalue weighted by Crippen LogP contribution is -2.24. The van der Waals surface area contributed by atoms with E-state index in [1.165, 1.54) is 6.07 Å². The fraction of sp³-hybridized carbons (Fsp3) is 0.370. The van der Waals surface area contributed by atoms with Gasteiger partial charge in [-0.15, -0.1) is 0 Å². The topological polar surface area (TPSA) is 155 Å². The number of halogens is 4. The van der Waals surface area contributed by atoms with E-state index in [0.717, 1.165) is 31.0 Å². The number of hydrogen-bond donors (Lipinski definition) is 3. The number of benzene rings is 1. The molecular formula is C27H29F4N7O3. The summed E-state index contributed by atoms with van der Waals surface area (Å²) in [6, 6.07) is 4.72. The SMILES string of the molecule is CCCCCn1ccc2cc(-c3nc(N)c4c(n3)C(C)(C)OC4)c(F)cc2c1=O.Nc1cn[nH]c(=O)c1C(F)(F)F. The van der Waals surface area contributed by atoms with E-state index < -0.39 is 34.4 Å². The maximum atomic E-state index is 15.0. The van der Waals surface area contributed by atoms with Gasteiger partial charge in [-0.1, -0.05) is 19.8 Å². The van der Waals surface area contributed by atoms with Gasteiger partial charge >= 0.3 is 6.18 Å². The first-order valence-electron chi connectivity index (χ1n) is 12.8. The summed E-state index contributed by atoms with van der Waals surface area (Å²) in [5.41, 5.74) is 8.42. The first-order chi connectivity index (χ1) is 19.2. The molecule has 10 nitrogen and oxygen atoms in total. The number of rotatable bonds is 5. The number of pyridine rings is 1. The van der Waals surface area contributed by atoms with Crippen LogP contribution in [0.5, 0.6) is 0 Å². The molecule has 0 unspecified atom stereocenters. The third-order valence-corrected chi connectivity index (χ3v) is 6.66. The molecule has 0 fully saturated rings. The summed E-state index contributed by atoms with van der Waals surface area (Å²) >= 11 is 0. The Morgan fingerprint density at radius 2 is 1.88 bits per heavy atom. The molecule has 0 saturated heterocycles. The fourth-order valence-electron chi connectivity index (χ4n) is 4.47. The summed E-state index contributed by atoms with van der Waals surface area (Å²) in [5.74, 6) is -0.0512. The number of H-pyrrole nitrogens is 1. The monoisotopic (exact) mass is 575 g/mol. The van der Waals surface area contributed by atoms with Gasteiger partial charge in [0.15, 0.2) is 5.82 Å². The van der Waals surface area contributed by atoms with Crippen LogP contribution in [0.4, 0.5) is 29.1 Å². The summed E-state index contributed by atoms with van der Waals surface area (Å²) in [5, 5.41) is 5.74. The highest BCUT2D eigenvalue weighted by Gasteiger charge is 2.37. The highest BCUT2D eigenvalue weighted by atomic mass is 19.4. The van der Waals surface area contributed by atoms with Crippen molar-refractivity contribution in [3.63, 3.8) is 0 Å². The molecule has 14 heteroatoms. The van der Waals surface area contributed by atoms with Crippen LogP contribution in [0.2, 0.25) is 0 Å². The zero-order valence-corrected chi connectivity index (χ0v) is 22.6. The van der Waals surface area contributed by atoms with E-state index in [4.69, 9.17) is 16.2 Å². The van der Waals surface area contributed by atoms with E-state index >= 15 is 0 Å². The number of ether oxygens (including phenoxy) is 1. The normalized spacial score (nSPS) is 14.0. The van der Waals surface area contributed by atoms with E-state index in [2.05, 4.69) is 22.0 Å². The zero-order chi connectivity index (χ0) is 30.1. The summed E-state index contributed by atoms with van der Waals surface area (Å²) < 4.78 is 58.3. The predicted molar refractivity (Wildman–Crippen MR) is 145 cm³/mol. The van der Waals surface area contributed by atoms with E-state index in [0.29, 0.717) is 35.4 Å². The lowest BCUT2D eigenvalue weighted by Gasteiger charge is -2.18. The largest absolute Gasteiger partial charge is 0.423 e. The van der Waals surface area contributed by atoms with Crippen LogP contribution in [0.1, 0.15) is 56.9 Å². The van der Waals surface area contributed by atoms with E-state index in [1.54, 1.807) is 21.9 Å². The number of nitrogens with zero attached hydrogens (tertiary/aromatic N) is 4. The number of anilines is 2. The molecule has 4 heterocycles. The first-order valence-corrected chi connectivity index (χ1v) is 12.8. The lowest BCUT2D eigenvalue weighted by atomic mass is 10.0. The smallest absolute Gasteiger partial charge is 0.397 e. The Morgan fingerprint density at radius 1 is 1.15 bits per heavy atom. The molecule has 1 aliphatic rings. The van der Waals surface area contributed by atoms with Crippen LogP contribution in [-0.2, 0) is 29.7 Å². The quantitative estimate of drug-likeness (QED) is 0.232. The zero-order valence-electron chi connectivity index (χ0n) is 22.6. The van der Waals surface area contributed by atoms with E-state index in [-0.39, 0.29) is 16.9 Å². The average Bonchev–Trinajstić information content (AvgIpc) is 3.20. The average molecular weight is 576 g/mol. The van der Waals surface area contributed by atoms with Gasteiger partial charge in [-0.25, -0.2) is 19.5 Å². The van der Waals surface area contributed by atoms with E-state index in [9.17, 15) is 27.2 Å². The number of hydrogen-bond acceptors (Lipinski definition) is 8. The van der Waals surface area contributed by atoms with Crippen molar-refractivity contribution in [1.29, 1.82) is 0 Å². The van der Waals surface area contributed by atoms with Gasteiger partial charge in [0.1, 0.15) is 22.8 Å². The third-order valence-electron chi connectivity index (χ3n) is 6.66. The first kappa shape index (κ1) is 29.6. The number of nitrogens with two attached hydrogens (primary N) is 2. The minimum absolute atomic E-state index is 0.187. The minimum atomic E-state index is -4.74. The third kappa shape index (κ3) is 6.06. The van der Waals surface area contributed by atoms with Gasteiger partial charge < -0.3 is 20.8 Å². The molecule has 5 rings (SSSR count). The number of fused-ring (bicyclic) bond motifs is 2. The van der Waals surface area contributed by atoms with Crippen LogP contribution in [0, 0.1) is 5.82 Å². The highest BCUT2D eigenvalue weighted by Crippen LogP contribution is 2.38. The molecule has 0 radical (unpaired) electrons. The van der Waals surface area contributed by atoms with Crippen LogP contribution in [0.3, 0.4) is 0 Å². The van der Waals surface area contributed by atoms with Crippen molar-refractivity contribution >= 4 is 22.3 Å². The van der Waals surface area contributed by atoms with Crippen molar-refractivity contribution in [1.82, 2.24) is 24.7 Å². The maximum Gasteiger partial charge on any atom is 0.423 e. The Balaban J connectivity index is 0.000000271. The van der Waals surface area contributed by atoms with Crippen molar-refractivity contribution in [2.24, 2.45) is 0 Å². The van der Waals surface area contributed by atoms with Gasteiger partial charge in [-0.2, -0.15) is 18.3 Å². The second kappa shape index (κ2) is 11.3. The number of alkyl halides is 3. The number of aromatic amines is 1. The Labute approximate surface area is 231 Å². The fourth-order valence-corrected chi connectivity index (χ4v) is 4.47.